The van der Waals surface area contributed by atoms with Crippen molar-refractivity contribution in [1.82, 2.24) is 0 Å². The van der Waals surface area contributed by atoms with Crippen LogP contribution in [-0.2, 0) is 0 Å². The van der Waals surface area contributed by atoms with Gasteiger partial charge in [-0.15, -0.1) is 0 Å². The second-order valence-electron chi connectivity index (χ2n) is 6.13. The van der Waals surface area contributed by atoms with E-state index in [4.69, 9.17) is 5.73 Å². The number of rotatable bonds is 7. The lowest BCUT2D eigenvalue weighted by Crippen LogP contribution is -2.21. The zero-order valence-corrected chi connectivity index (χ0v) is 12.6. The molecule has 1 saturated carbocycles. The molecule has 0 aromatic heterocycles. The van der Waals surface area contributed by atoms with Gasteiger partial charge in [0.1, 0.15) is 0 Å². The van der Waals surface area contributed by atoms with Crippen LogP contribution in [0.2, 0.25) is 0 Å². The van der Waals surface area contributed by atoms with Crippen LogP contribution in [0.5, 0.6) is 0 Å². The van der Waals surface area contributed by atoms with Crippen molar-refractivity contribution in [2.45, 2.75) is 70.8 Å². The van der Waals surface area contributed by atoms with Gasteiger partial charge in [0.15, 0.2) is 0 Å². The highest BCUT2D eigenvalue weighted by molar-refractivity contribution is 5.28. The average Bonchev–Trinajstić information content (AvgIpc) is 2.38. The van der Waals surface area contributed by atoms with Gasteiger partial charge in [-0.25, -0.2) is 0 Å². The van der Waals surface area contributed by atoms with Gasteiger partial charge in [-0.05, 0) is 42.2 Å². The van der Waals surface area contributed by atoms with Gasteiger partial charge >= 0.3 is 0 Å². The summed E-state index contributed by atoms with van der Waals surface area (Å²) >= 11 is 0. The van der Waals surface area contributed by atoms with Crippen molar-refractivity contribution in [2.75, 3.05) is 0 Å². The summed E-state index contributed by atoms with van der Waals surface area (Å²) < 4.78 is 0. The molecule has 1 aliphatic rings. The first kappa shape index (κ1) is 14.6. The SMILES string of the molecule is CCCCC(CC)C(N)c1ccc(C2CCC2)cc1. The minimum Gasteiger partial charge on any atom is -0.324 e. The Balaban J connectivity index is 1.98. The van der Waals surface area contributed by atoms with E-state index in [9.17, 15) is 0 Å². The molecule has 2 rings (SSSR count). The zero-order chi connectivity index (χ0) is 13.7. The molecular weight excluding hydrogens is 230 g/mol. The quantitative estimate of drug-likeness (QED) is 0.718. The maximum absolute atomic E-state index is 6.46. The van der Waals surface area contributed by atoms with Crippen LogP contribution in [0.15, 0.2) is 24.3 Å². The highest BCUT2D eigenvalue weighted by Gasteiger charge is 2.21. The molecule has 0 heterocycles. The lowest BCUT2D eigenvalue weighted by atomic mass is 9.79. The number of hydrogen-bond acceptors (Lipinski definition) is 1. The van der Waals surface area contributed by atoms with E-state index in [1.54, 1.807) is 0 Å². The predicted molar refractivity (Wildman–Crippen MR) is 83.3 cm³/mol. The van der Waals surface area contributed by atoms with Crippen LogP contribution in [0.3, 0.4) is 0 Å². The number of unbranched alkanes of at least 4 members (excludes halogenated alkanes) is 1. The Bertz CT molecular complexity index is 364. The lowest BCUT2D eigenvalue weighted by molar-refractivity contribution is 0.377. The second kappa shape index (κ2) is 7.09. The molecule has 1 fully saturated rings. The standard InChI is InChI=1S/C18H29N/c1-3-5-7-14(4-2)18(19)17-12-10-16(11-13-17)15-8-6-9-15/h10-15,18H,3-9,19H2,1-2H3. The van der Waals surface area contributed by atoms with Crippen molar-refractivity contribution in [2.24, 2.45) is 11.7 Å². The summed E-state index contributed by atoms with van der Waals surface area (Å²) in [7, 11) is 0. The van der Waals surface area contributed by atoms with Crippen LogP contribution in [-0.4, -0.2) is 0 Å². The Morgan fingerprint density at radius 1 is 1.16 bits per heavy atom. The van der Waals surface area contributed by atoms with Crippen LogP contribution >= 0.6 is 0 Å². The summed E-state index contributed by atoms with van der Waals surface area (Å²) in [6.07, 6.45) is 9.17. The maximum atomic E-state index is 6.46. The predicted octanol–water partition coefficient (Wildman–Crippen LogP) is 5.17. The molecule has 2 unspecified atom stereocenters. The number of hydrogen-bond donors (Lipinski definition) is 1. The molecule has 0 spiro atoms. The normalized spacial score (nSPS) is 18.9. The van der Waals surface area contributed by atoms with Gasteiger partial charge in [0.25, 0.3) is 0 Å². The Kier molecular flexibility index (Phi) is 5.45. The van der Waals surface area contributed by atoms with E-state index in [2.05, 4.69) is 38.1 Å². The van der Waals surface area contributed by atoms with E-state index in [1.807, 2.05) is 0 Å². The molecule has 0 amide bonds. The number of nitrogens with two attached hydrogens (primary N) is 1. The highest BCUT2D eigenvalue weighted by atomic mass is 14.6. The molecule has 0 bridgehead atoms. The molecule has 19 heavy (non-hydrogen) atoms. The first-order valence-electron chi connectivity index (χ1n) is 8.11. The smallest absolute Gasteiger partial charge is 0.0323 e. The molecule has 1 heteroatoms. The second-order valence-corrected chi connectivity index (χ2v) is 6.13. The van der Waals surface area contributed by atoms with Gasteiger partial charge in [-0.2, -0.15) is 0 Å². The van der Waals surface area contributed by atoms with Gasteiger partial charge in [0.05, 0.1) is 0 Å². The summed E-state index contributed by atoms with van der Waals surface area (Å²) in [5.41, 5.74) is 9.31. The molecule has 2 N–H and O–H groups in total. The van der Waals surface area contributed by atoms with E-state index in [0.29, 0.717) is 5.92 Å². The van der Waals surface area contributed by atoms with Crippen LogP contribution in [0.25, 0.3) is 0 Å². The fraction of sp³-hybridized carbons (Fsp3) is 0.667. The molecule has 0 radical (unpaired) electrons. The third-order valence-corrected chi connectivity index (χ3v) is 4.86. The van der Waals surface area contributed by atoms with E-state index >= 15 is 0 Å². The minimum atomic E-state index is 0.215. The summed E-state index contributed by atoms with van der Waals surface area (Å²) in [5.74, 6) is 1.46. The Labute approximate surface area is 118 Å². The highest BCUT2D eigenvalue weighted by Crippen LogP contribution is 2.37. The minimum absolute atomic E-state index is 0.215. The topological polar surface area (TPSA) is 26.0 Å². The summed E-state index contributed by atoms with van der Waals surface area (Å²) in [6.45, 7) is 4.52. The van der Waals surface area contributed by atoms with Crippen molar-refractivity contribution in [3.05, 3.63) is 35.4 Å². The third kappa shape index (κ3) is 3.60. The molecule has 1 aromatic carbocycles. The third-order valence-electron chi connectivity index (χ3n) is 4.86. The van der Waals surface area contributed by atoms with E-state index in [0.717, 1.165) is 5.92 Å². The van der Waals surface area contributed by atoms with Crippen molar-refractivity contribution in [1.29, 1.82) is 0 Å². The molecule has 1 nitrogen and oxygen atoms in total. The van der Waals surface area contributed by atoms with E-state index in [1.165, 1.54) is 56.1 Å². The monoisotopic (exact) mass is 259 g/mol. The average molecular weight is 259 g/mol. The van der Waals surface area contributed by atoms with Crippen LogP contribution < -0.4 is 5.73 Å². The van der Waals surface area contributed by atoms with E-state index < -0.39 is 0 Å². The van der Waals surface area contributed by atoms with E-state index in [-0.39, 0.29) is 6.04 Å². The molecule has 0 aliphatic heterocycles. The van der Waals surface area contributed by atoms with Gasteiger partial charge in [0.2, 0.25) is 0 Å². The van der Waals surface area contributed by atoms with Gasteiger partial charge in [-0.3, -0.25) is 0 Å². The molecule has 1 aliphatic carbocycles. The fourth-order valence-corrected chi connectivity index (χ4v) is 3.11. The Morgan fingerprint density at radius 2 is 1.84 bits per heavy atom. The van der Waals surface area contributed by atoms with Crippen LogP contribution in [0, 0.1) is 5.92 Å². The largest absolute Gasteiger partial charge is 0.324 e. The van der Waals surface area contributed by atoms with Crippen molar-refractivity contribution in [3.8, 4) is 0 Å². The zero-order valence-electron chi connectivity index (χ0n) is 12.6. The van der Waals surface area contributed by atoms with Crippen molar-refractivity contribution in [3.63, 3.8) is 0 Å². The molecule has 106 valence electrons. The number of benzene rings is 1. The van der Waals surface area contributed by atoms with Crippen molar-refractivity contribution < 1.29 is 0 Å². The molecule has 2 atom stereocenters. The fourth-order valence-electron chi connectivity index (χ4n) is 3.11. The summed E-state index contributed by atoms with van der Waals surface area (Å²) in [5, 5.41) is 0. The Morgan fingerprint density at radius 3 is 2.32 bits per heavy atom. The Hall–Kier alpha value is -0.820. The summed E-state index contributed by atoms with van der Waals surface area (Å²) in [6, 6.07) is 9.38. The van der Waals surface area contributed by atoms with Crippen LogP contribution in [0.4, 0.5) is 0 Å². The van der Waals surface area contributed by atoms with Crippen molar-refractivity contribution >= 4 is 0 Å². The van der Waals surface area contributed by atoms with Gasteiger partial charge in [-0.1, -0.05) is 63.8 Å². The lowest BCUT2D eigenvalue weighted by Gasteiger charge is -2.27. The summed E-state index contributed by atoms with van der Waals surface area (Å²) in [4.78, 5) is 0. The molecule has 1 aromatic rings. The molecular formula is C18H29N. The molecule has 0 saturated heterocycles. The van der Waals surface area contributed by atoms with Crippen LogP contribution in [0.1, 0.15) is 81.9 Å². The maximum Gasteiger partial charge on any atom is 0.0323 e. The van der Waals surface area contributed by atoms with Gasteiger partial charge in [0, 0.05) is 6.04 Å². The first-order valence-corrected chi connectivity index (χ1v) is 8.11. The van der Waals surface area contributed by atoms with Gasteiger partial charge < -0.3 is 5.73 Å². The first-order chi connectivity index (χ1) is 9.26.